The van der Waals surface area contributed by atoms with Gasteiger partial charge in [0.15, 0.2) is 0 Å². The molecule has 2 nitrogen and oxygen atoms in total. The lowest BCUT2D eigenvalue weighted by Crippen LogP contribution is -2.13. The van der Waals surface area contributed by atoms with Gasteiger partial charge >= 0.3 is 0 Å². The minimum atomic E-state index is -1.03. The zero-order chi connectivity index (χ0) is 11.4. The summed E-state index contributed by atoms with van der Waals surface area (Å²) in [5.41, 5.74) is 6.19. The van der Waals surface area contributed by atoms with E-state index in [9.17, 15) is 4.21 Å². The Balaban J connectivity index is 3.00. The molecule has 84 valence electrons. The average Bonchev–Trinajstić information content (AvgIpc) is 2.19. The molecule has 0 heterocycles. The van der Waals surface area contributed by atoms with E-state index in [0.717, 1.165) is 12.8 Å². The van der Waals surface area contributed by atoms with Crippen molar-refractivity contribution in [1.82, 2.24) is 0 Å². The van der Waals surface area contributed by atoms with Gasteiger partial charge in [-0.3, -0.25) is 4.21 Å². The SMILES string of the molecule is CCC(CC)S(=O)c1ccc(N)cc1Cl. The lowest BCUT2D eigenvalue weighted by Gasteiger charge is -2.13. The molecule has 0 aliphatic heterocycles. The van der Waals surface area contributed by atoms with Crippen LogP contribution in [0.4, 0.5) is 5.69 Å². The van der Waals surface area contributed by atoms with E-state index in [1.54, 1.807) is 18.2 Å². The Morgan fingerprint density at radius 3 is 2.47 bits per heavy atom. The van der Waals surface area contributed by atoms with Crippen LogP contribution in [0.1, 0.15) is 26.7 Å². The minimum Gasteiger partial charge on any atom is -0.399 e. The molecular formula is C11H16ClNOS. The van der Waals surface area contributed by atoms with E-state index in [-0.39, 0.29) is 5.25 Å². The Morgan fingerprint density at radius 2 is 2.00 bits per heavy atom. The highest BCUT2D eigenvalue weighted by molar-refractivity contribution is 7.85. The van der Waals surface area contributed by atoms with Crippen LogP contribution in [0, 0.1) is 0 Å². The predicted molar refractivity (Wildman–Crippen MR) is 66.6 cm³/mol. The zero-order valence-electron chi connectivity index (χ0n) is 9.00. The molecule has 0 fully saturated rings. The third-order valence-electron chi connectivity index (χ3n) is 2.39. The van der Waals surface area contributed by atoms with Crippen molar-refractivity contribution in [3.8, 4) is 0 Å². The molecule has 0 aliphatic rings. The van der Waals surface area contributed by atoms with Crippen LogP contribution in [0.2, 0.25) is 5.02 Å². The van der Waals surface area contributed by atoms with Crippen LogP contribution in [-0.2, 0) is 10.8 Å². The van der Waals surface area contributed by atoms with Gasteiger partial charge < -0.3 is 5.73 Å². The standard InChI is InChI=1S/C11H16ClNOS/c1-3-9(4-2)15(14)11-6-5-8(13)7-10(11)12/h5-7,9H,3-4,13H2,1-2H3. The van der Waals surface area contributed by atoms with Gasteiger partial charge in [-0.1, -0.05) is 25.4 Å². The van der Waals surface area contributed by atoms with E-state index in [1.807, 2.05) is 13.8 Å². The Hall–Kier alpha value is -0.540. The van der Waals surface area contributed by atoms with Gasteiger partial charge in [0.2, 0.25) is 0 Å². The van der Waals surface area contributed by atoms with Crippen LogP contribution in [0.25, 0.3) is 0 Å². The Bertz CT molecular complexity index is 364. The molecule has 0 radical (unpaired) electrons. The summed E-state index contributed by atoms with van der Waals surface area (Å²) in [6, 6.07) is 5.14. The quantitative estimate of drug-likeness (QED) is 0.828. The van der Waals surface area contributed by atoms with Crippen LogP contribution in [0.15, 0.2) is 23.1 Å². The second-order valence-electron chi connectivity index (χ2n) is 3.43. The van der Waals surface area contributed by atoms with Crippen LogP contribution in [0.3, 0.4) is 0 Å². The lowest BCUT2D eigenvalue weighted by atomic mass is 10.3. The van der Waals surface area contributed by atoms with E-state index in [2.05, 4.69) is 0 Å². The number of nitrogen functional groups attached to an aromatic ring is 1. The van der Waals surface area contributed by atoms with E-state index >= 15 is 0 Å². The summed E-state index contributed by atoms with van der Waals surface area (Å²) in [6.45, 7) is 4.08. The van der Waals surface area contributed by atoms with Crippen LogP contribution in [0.5, 0.6) is 0 Å². The molecule has 1 unspecified atom stereocenters. The number of hydrogen-bond donors (Lipinski definition) is 1. The highest BCUT2D eigenvalue weighted by Gasteiger charge is 2.17. The summed E-state index contributed by atoms with van der Waals surface area (Å²) >= 11 is 6.01. The van der Waals surface area contributed by atoms with Crippen molar-refractivity contribution in [3.63, 3.8) is 0 Å². The van der Waals surface area contributed by atoms with Gasteiger partial charge in [0.25, 0.3) is 0 Å². The molecule has 0 bridgehead atoms. The zero-order valence-corrected chi connectivity index (χ0v) is 10.6. The summed E-state index contributed by atoms with van der Waals surface area (Å²) in [5, 5.41) is 0.673. The Labute approximate surface area is 98.3 Å². The number of hydrogen-bond acceptors (Lipinski definition) is 2. The van der Waals surface area contributed by atoms with Crippen molar-refractivity contribution in [2.45, 2.75) is 36.8 Å². The van der Waals surface area contributed by atoms with Gasteiger partial charge in [-0.2, -0.15) is 0 Å². The fourth-order valence-electron chi connectivity index (χ4n) is 1.45. The normalized spacial score (nSPS) is 13.1. The number of rotatable bonds is 4. The molecule has 1 aromatic carbocycles. The first-order valence-electron chi connectivity index (χ1n) is 5.05. The third kappa shape index (κ3) is 2.95. The topological polar surface area (TPSA) is 43.1 Å². The smallest absolute Gasteiger partial charge is 0.0588 e. The van der Waals surface area contributed by atoms with Crippen molar-refractivity contribution in [3.05, 3.63) is 23.2 Å². The van der Waals surface area contributed by atoms with Gasteiger partial charge in [-0.05, 0) is 31.0 Å². The summed E-state index contributed by atoms with van der Waals surface area (Å²) < 4.78 is 12.1. The van der Waals surface area contributed by atoms with Gasteiger partial charge in [-0.15, -0.1) is 0 Å². The molecule has 0 saturated carbocycles. The predicted octanol–water partition coefficient (Wildman–Crippen LogP) is 3.22. The molecule has 1 aromatic rings. The lowest BCUT2D eigenvalue weighted by molar-refractivity contribution is 0.658. The summed E-state index contributed by atoms with van der Waals surface area (Å²) in [6.07, 6.45) is 1.79. The molecule has 15 heavy (non-hydrogen) atoms. The molecule has 4 heteroatoms. The second-order valence-corrected chi connectivity index (χ2v) is 5.53. The highest BCUT2D eigenvalue weighted by Crippen LogP contribution is 2.26. The summed E-state index contributed by atoms with van der Waals surface area (Å²) in [5.74, 6) is 0. The van der Waals surface area contributed by atoms with Crippen LogP contribution < -0.4 is 5.73 Å². The second kappa shape index (κ2) is 5.52. The number of benzene rings is 1. The van der Waals surface area contributed by atoms with Crippen LogP contribution >= 0.6 is 11.6 Å². The molecule has 0 aromatic heterocycles. The monoisotopic (exact) mass is 245 g/mol. The number of anilines is 1. The van der Waals surface area contributed by atoms with Gasteiger partial charge in [0, 0.05) is 10.9 Å². The highest BCUT2D eigenvalue weighted by atomic mass is 35.5. The van der Waals surface area contributed by atoms with Crippen molar-refractivity contribution in [2.24, 2.45) is 0 Å². The maximum atomic E-state index is 12.1. The van der Waals surface area contributed by atoms with E-state index in [0.29, 0.717) is 15.6 Å². The largest absolute Gasteiger partial charge is 0.399 e. The Morgan fingerprint density at radius 1 is 1.40 bits per heavy atom. The first-order valence-corrected chi connectivity index (χ1v) is 6.64. The van der Waals surface area contributed by atoms with E-state index < -0.39 is 10.8 Å². The van der Waals surface area contributed by atoms with Gasteiger partial charge in [0.1, 0.15) is 0 Å². The fourth-order valence-corrected chi connectivity index (χ4v) is 3.29. The van der Waals surface area contributed by atoms with E-state index in [1.165, 1.54) is 0 Å². The molecule has 0 amide bonds. The third-order valence-corrected chi connectivity index (χ3v) is 4.87. The van der Waals surface area contributed by atoms with Crippen molar-refractivity contribution in [1.29, 1.82) is 0 Å². The van der Waals surface area contributed by atoms with Crippen LogP contribution in [-0.4, -0.2) is 9.46 Å². The molecule has 0 spiro atoms. The van der Waals surface area contributed by atoms with Gasteiger partial charge in [0.05, 0.1) is 20.7 Å². The van der Waals surface area contributed by atoms with Crippen molar-refractivity contribution >= 4 is 28.1 Å². The maximum absolute atomic E-state index is 12.1. The number of nitrogens with two attached hydrogens (primary N) is 1. The van der Waals surface area contributed by atoms with Crippen molar-refractivity contribution < 1.29 is 4.21 Å². The fraction of sp³-hybridized carbons (Fsp3) is 0.455. The molecule has 1 rings (SSSR count). The van der Waals surface area contributed by atoms with E-state index in [4.69, 9.17) is 17.3 Å². The first-order chi connectivity index (χ1) is 7.10. The molecular weight excluding hydrogens is 230 g/mol. The van der Waals surface area contributed by atoms with Gasteiger partial charge in [-0.25, -0.2) is 0 Å². The molecule has 0 aliphatic carbocycles. The average molecular weight is 246 g/mol. The summed E-state index contributed by atoms with van der Waals surface area (Å²) in [7, 11) is -1.03. The number of halogens is 1. The molecule has 1 atom stereocenters. The van der Waals surface area contributed by atoms with Crippen molar-refractivity contribution in [2.75, 3.05) is 5.73 Å². The summed E-state index contributed by atoms with van der Waals surface area (Å²) in [4.78, 5) is 0.694. The molecule has 2 N–H and O–H groups in total. The maximum Gasteiger partial charge on any atom is 0.0588 e. The molecule has 0 saturated heterocycles. The Kier molecular flexibility index (Phi) is 4.61. The first kappa shape index (κ1) is 12.5. The minimum absolute atomic E-state index is 0.172.